The van der Waals surface area contributed by atoms with Crippen molar-refractivity contribution in [2.75, 3.05) is 13.2 Å². The topological polar surface area (TPSA) is 99.2 Å². The molecule has 2 heterocycles. The van der Waals surface area contributed by atoms with Gasteiger partial charge in [-0.1, -0.05) is 0 Å². The maximum absolute atomic E-state index is 11.4. The molecular formula is C12H18N4O3. The number of carbonyl (C=O) groups excluding carboxylic acids is 2. The molecule has 3 N–H and O–H groups in total. The Balaban J connectivity index is 2.16. The van der Waals surface area contributed by atoms with E-state index in [1.54, 1.807) is 11.6 Å². The molecule has 7 nitrogen and oxygen atoms in total. The summed E-state index contributed by atoms with van der Waals surface area (Å²) < 4.78 is 6.58. The highest BCUT2D eigenvalue weighted by atomic mass is 16.5. The molecule has 1 aromatic rings. The van der Waals surface area contributed by atoms with E-state index in [-0.39, 0.29) is 12.4 Å². The van der Waals surface area contributed by atoms with Crippen molar-refractivity contribution in [1.82, 2.24) is 15.1 Å². The highest BCUT2D eigenvalue weighted by Crippen LogP contribution is 2.18. The van der Waals surface area contributed by atoms with Crippen LogP contribution in [0.3, 0.4) is 0 Å². The predicted octanol–water partition coefficient (Wildman–Crippen LogP) is -0.419. The van der Waals surface area contributed by atoms with Crippen LogP contribution in [0.4, 0.5) is 0 Å². The second-order valence-electron chi connectivity index (χ2n) is 4.34. The number of aromatic nitrogens is 2. The number of carbonyl (C=O) groups is 2. The Morgan fingerprint density at radius 1 is 1.53 bits per heavy atom. The van der Waals surface area contributed by atoms with Gasteiger partial charge in [-0.3, -0.25) is 14.3 Å². The highest BCUT2D eigenvalue weighted by molar-refractivity contribution is 5.92. The molecule has 0 atom stereocenters. The minimum absolute atomic E-state index is 0.244. The number of ether oxygens (including phenoxy) is 1. The van der Waals surface area contributed by atoms with Crippen molar-refractivity contribution in [3.8, 4) is 0 Å². The quantitative estimate of drug-likeness (QED) is 0.705. The number of nitrogens with one attached hydrogen (secondary N) is 1. The first-order valence-corrected chi connectivity index (χ1v) is 6.38. The van der Waals surface area contributed by atoms with Crippen LogP contribution in [0.5, 0.6) is 0 Å². The van der Waals surface area contributed by atoms with Crippen LogP contribution in [0, 0.1) is 0 Å². The smallest absolute Gasteiger partial charge is 0.307 e. The summed E-state index contributed by atoms with van der Waals surface area (Å²) >= 11 is 0. The van der Waals surface area contributed by atoms with Crippen LogP contribution in [-0.2, 0) is 29.0 Å². The summed E-state index contributed by atoms with van der Waals surface area (Å²) in [5.74, 6) is -0.795. The molecule has 1 amide bonds. The van der Waals surface area contributed by atoms with Gasteiger partial charge in [-0.15, -0.1) is 0 Å². The van der Waals surface area contributed by atoms with Crippen LogP contribution in [0.25, 0.3) is 0 Å². The summed E-state index contributed by atoms with van der Waals surface area (Å²) in [6, 6.07) is 0. The minimum atomic E-state index is -0.533. The van der Waals surface area contributed by atoms with E-state index in [4.69, 9.17) is 10.5 Å². The van der Waals surface area contributed by atoms with Crippen molar-refractivity contribution in [1.29, 1.82) is 0 Å². The van der Waals surface area contributed by atoms with Crippen LogP contribution < -0.4 is 11.1 Å². The summed E-state index contributed by atoms with van der Waals surface area (Å²) in [4.78, 5) is 22.7. The fourth-order valence-corrected chi connectivity index (χ4v) is 2.23. The molecule has 1 aromatic heterocycles. The number of nitrogens with zero attached hydrogens (tertiary/aromatic N) is 2. The first-order chi connectivity index (χ1) is 9.13. The van der Waals surface area contributed by atoms with Crippen LogP contribution in [0.2, 0.25) is 0 Å². The normalized spacial score (nSPS) is 13.9. The molecule has 0 fully saturated rings. The average molecular weight is 266 g/mol. The number of nitrogens with two attached hydrogens (primary N) is 1. The highest BCUT2D eigenvalue weighted by Gasteiger charge is 2.23. The standard InChI is InChI=1S/C12H18N4O3/c1-2-19-10(17)4-6-16-9-3-5-14-7-8(9)11(15-16)12(13)18/h14H,2-7H2,1H3,(H2,13,18). The lowest BCUT2D eigenvalue weighted by Crippen LogP contribution is -2.26. The van der Waals surface area contributed by atoms with Crippen LogP contribution in [0.15, 0.2) is 0 Å². The molecule has 0 bridgehead atoms. The Bertz CT molecular complexity index is 495. The van der Waals surface area contributed by atoms with E-state index < -0.39 is 5.91 Å². The molecule has 19 heavy (non-hydrogen) atoms. The van der Waals surface area contributed by atoms with E-state index in [0.29, 0.717) is 25.4 Å². The second-order valence-corrected chi connectivity index (χ2v) is 4.34. The molecule has 0 aliphatic carbocycles. The first kappa shape index (κ1) is 13.5. The van der Waals surface area contributed by atoms with Gasteiger partial charge < -0.3 is 15.8 Å². The van der Waals surface area contributed by atoms with Gasteiger partial charge in [0.1, 0.15) is 0 Å². The lowest BCUT2D eigenvalue weighted by Gasteiger charge is -2.15. The molecule has 0 spiro atoms. The van der Waals surface area contributed by atoms with Crippen molar-refractivity contribution in [2.24, 2.45) is 5.73 Å². The Labute approximate surface area is 111 Å². The number of fused-ring (bicyclic) bond motifs is 1. The monoisotopic (exact) mass is 266 g/mol. The largest absolute Gasteiger partial charge is 0.466 e. The number of esters is 1. The number of hydrogen-bond donors (Lipinski definition) is 2. The predicted molar refractivity (Wildman–Crippen MR) is 67.4 cm³/mol. The zero-order valence-electron chi connectivity index (χ0n) is 10.9. The van der Waals surface area contributed by atoms with E-state index >= 15 is 0 Å². The first-order valence-electron chi connectivity index (χ1n) is 6.38. The molecule has 0 unspecified atom stereocenters. The number of hydrogen-bond acceptors (Lipinski definition) is 5. The van der Waals surface area contributed by atoms with Crippen molar-refractivity contribution in [2.45, 2.75) is 32.9 Å². The third-order valence-corrected chi connectivity index (χ3v) is 3.07. The summed E-state index contributed by atoms with van der Waals surface area (Å²) in [5.41, 5.74) is 7.45. The molecule has 104 valence electrons. The fourth-order valence-electron chi connectivity index (χ4n) is 2.23. The number of aryl methyl sites for hydroxylation is 1. The van der Waals surface area contributed by atoms with Gasteiger partial charge in [0.25, 0.3) is 5.91 Å². The SMILES string of the molecule is CCOC(=O)CCn1nc(C(N)=O)c2c1CCNC2. The average Bonchev–Trinajstić information content (AvgIpc) is 2.76. The van der Waals surface area contributed by atoms with Crippen molar-refractivity contribution in [3.05, 3.63) is 17.0 Å². The Kier molecular flexibility index (Phi) is 4.16. The number of amides is 1. The van der Waals surface area contributed by atoms with E-state index in [1.165, 1.54) is 0 Å². The summed E-state index contributed by atoms with van der Waals surface area (Å²) in [5, 5.41) is 7.40. The number of rotatable bonds is 5. The minimum Gasteiger partial charge on any atom is -0.466 e. The van der Waals surface area contributed by atoms with E-state index in [9.17, 15) is 9.59 Å². The van der Waals surface area contributed by atoms with Gasteiger partial charge in [0.05, 0.1) is 19.6 Å². The third-order valence-electron chi connectivity index (χ3n) is 3.07. The lowest BCUT2D eigenvalue weighted by molar-refractivity contribution is -0.143. The molecule has 0 saturated heterocycles. The summed E-state index contributed by atoms with van der Waals surface area (Å²) in [6.45, 7) is 3.97. The van der Waals surface area contributed by atoms with Gasteiger partial charge in [0, 0.05) is 30.8 Å². The van der Waals surface area contributed by atoms with Gasteiger partial charge in [-0.25, -0.2) is 0 Å². The third kappa shape index (κ3) is 2.93. The van der Waals surface area contributed by atoms with E-state index in [0.717, 1.165) is 24.2 Å². The molecule has 1 aliphatic rings. The van der Waals surface area contributed by atoms with Gasteiger partial charge >= 0.3 is 5.97 Å². The zero-order chi connectivity index (χ0) is 13.8. The van der Waals surface area contributed by atoms with Gasteiger partial charge in [0.15, 0.2) is 5.69 Å². The van der Waals surface area contributed by atoms with Gasteiger partial charge in [-0.05, 0) is 6.92 Å². The number of primary amides is 1. The van der Waals surface area contributed by atoms with Crippen molar-refractivity contribution in [3.63, 3.8) is 0 Å². The van der Waals surface area contributed by atoms with E-state index in [2.05, 4.69) is 10.4 Å². The molecule has 1 aliphatic heterocycles. The van der Waals surface area contributed by atoms with Crippen LogP contribution in [-0.4, -0.2) is 34.8 Å². The summed E-state index contributed by atoms with van der Waals surface area (Å²) in [6.07, 6.45) is 1.02. The van der Waals surface area contributed by atoms with Crippen LogP contribution >= 0.6 is 0 Å². The Morgan fingerprint density at radius 2 is 2.32 bits per heavy atom. The Morgan fingerprint density at radius 3 is 3.00 bits per heavy atom. The molecule has 0 radical (unpaired) electrons. The lowest BCUT2D eigenvalue weighted by atomic mass is 10.1. The van der Waals surface area contributed by atoms with Gasteiger partial charge in [-0.2, -0.15) is 5.10 Å². The maximum Gasteiger partial charge on any atom is 0.307 e. The second kappa shape index (κ2) is 5.83. The fraction of sp³-hybridized carbons (Fsp3) is 0.583. The zero-order valence-corrected chi connectivity index (χ0v) is 10.9. The molecule has 2 rings (SSSR count). The molecule has 0 aromatic carbocycles. The summed E-state index contributed by atoms with van der Waals surface area (Å²) in [7, 11) is 0. The van der Waals surface area contributed by atoms with Crippen molar-refractivity contribution >= 4 is 11.9 Å². The van der Waals surface area contributed by atoms with Crippen LogP contribution in [0.1, 0.15) is 35.1 Å². The van der Waals surface area contributed by atoms with Gasteiger partial charge in [0.2, 0.25) is 0 Å². The molecular weight excluding hydrogens is 248 g/mol. The molecule has 0 saturated carbocycles. The van der Waals surface area contributed by atoms with Crippen molar-refractivity contribution < 1.29 is 14.3 Å². The maximum atomic E-state index is 11.4. The molecule has 7 heteroatoms. The van der Waals surface area contributed by atoms with E-state index in [1.807, 2.05) is 0 Å². The Hall–Kier alpha value is -1.89.